The zero-order chi connectivity index (χ0) is 25.9. The van der Waals surface area contributed by atoms with Gasteiger partial charge in [0.2, 0.25) is 0 Å². The molecule has 3 saturated heterocycles. The summed E-state index contributed by atoms with van der Waals surface area (Å²) in [5, 5.41) is 99.6. The normalized spacial score (nSPS) is 49.2. The molecular weight excluding hydrogens is 480 g/mol. The number of hydrogen-bond donors (Lipinski definition) is 10. The highest BCUT2D eigenvalue weighted by atomic mass is 16.6. The van der Waals surface area contributed by atoms with E-state index in [-0.39, 0.29) is 6.61 Å². The number of aliphatic hydroxyl groups is 10. The fourth-order valence-corrected chi connectivity index (χ4v) is 4.44. The van der Waals surface area contributed by atoms with Crippen molar-refractivity contribution in [3.05, 3.63) is 0 Å². The van der Waals surface area contributed by atoms with Crippen molar-refractivity contribution < 1.29 is 74.7 Å². The van der Waals surface area contributed by atoms with Crippen molar-refractivity contribution in [1.82, 2.24) is 0 Å². The van der Waals surface area contributed by atoms with Crippen LogP contribution in [0.3, 0.4) is 0 Å². The van der Waals surface area contributed by atoms with Crippen molar-refractivity contribution in [2.75, 3.05) is 39.6 Å². The Morgan fingerprint density at radius 2 is 0.971 bits per heavy atom. The van der Waals surface area contributed by atoms with Gasteiger partial charge < -0.3 is 74.7 Å². The van der Waals surface area contributed by atoms with Crippen LogP contribution < -0.4 is 0 Å². The van der Waals surface area contributed by atoms with Crippen molar-refractivity contribution >= 4 is 0 Å². The topological polar surface area (TPSA) is 248 Å². The van der Waals surface area contributed by atoms with Gasteiger partial charge in [-0.2, -0.15) is 0 Å². The first-order chi connectivity index (χ1) is 16.6. The smallest absolute Gasteiger partial charge is 0.115 e. The first-order valence-electron chi connectivity index (χ1n) is 11.4. The number of aliphatic hydroxyl groups excluding tert-OH is 10. The summed E-state index contributed by atoms with van der Waals surface area (Å²) in [6, 6.07) is 0. The predicted molar refractivity (Wildman–Crippen MR) is 110 cm³/mol. The molecule has 3 heterocycles. The van der Waals surface area contributed by atoms with Gasteiger partial charge in [0.05, 0.1) is 39.6 Å². The summed E-state index contributed by atoms with van der Waals surface area (Å²) in [5.74, 6) is 0. The van der Waals surface area contributed by atoms with Gasteiger partial charge in [-0.25, -0.2) is 0 Å². The molecule has 0 radical (unpaired) electrons. The molecule has 14 atom stereocenters. The van der Waals surface area contributed by atoms with Gasteiger partial charge >= 0.3 is 0 Å². The van der Waals surface area contributed by atoms with E-state index in [1.807, 2.05) is 0 Å². The van der Waals surface area contributed by atoms with Gasteiger partial charge in [-0.05, 0) is 0 Å². The molecule has 0 aromatic rings. The van der Waals surface area contributed by atoms with Crippen LogP contribution >= 0.6 is 0 Å². The van der Waals surface area contributed by atoms with Gasteiger partial charge in [0.25, 0.3) is 0 Å². The monoisotopic (exact) mass is 516 g/mol. The lowest BCUT2D eigenvalue weighted by molar-refractivity contribution is -0.280. The second kappa shape index (κ2) is 12.8. The van der Waals surface area contributed by atoms with Crippen LogP contribution in [-0.4, -0.2) is 176 Å². The van der Waals surface area contributed by atoms with Crippen LogP contribution in [0.4, 0.5) is 0 Å². The molecular formula is C20H36O15. The standard InChI is InChI=1S/C20H36O15/c21-1-8-14(26)18(30)15(27)11(34-8)5-33-20-16(28)9(2-22)35-12(17(20)29)6-32-19-10(3-23)31-4-7(24)13(19)25/h7-30H,1-6H2/t7?,8?,9?,10?,11-,12-,13+,14-,15?,16-,17?,18-,19-,20-/m1/s1. The van der Waals surface area contributed by atoms with Gasteiger partial charge in [-0.3, -0.25) is 0 Å². The van der Waals surface area contributed by atoms with E-state index < -0.39 is 118 Å². The molecule has 0 aliphatic carbocycles. The van der Waals surface area contributed by atoms with E-state index in [9.17, 15) is 51.1 Å². The van der Waals surface area contributed by atoms with Crippen LogP contribution in [0.2, 0.25) is 0 Å². The van der Waals surface area contributed by atoms with E-state index in [2.05, 4.69) is 0 Å². The molecule has 0 saturated carbocycles. The molecule has 0 amide bonds. The zero-order valence-electron chi connectivity index (χ0n) is 18.8. The summed E-state index contributed by atoms with van der Waals surface area (Å²) < 4.78 is 27.2. The molecule has 15 nitrogen and oxygen atoms in total. The lowest BCUT2D eigenvalue weighted by atomic mass is 9.93. The van der Waals surface area contributed by atoms with Gasteiger partial charge in [0.1, 0.15) is 85.5 Å². The summed E-state index contributed by atoms with van der Waals surface area (Å²) in [6.07, 6.45) is -18.8. The van der Waals surface area contributed by atoms with Crippen LogP contribution in [0.1, 0.15) is 0 Å². The average Bonchev–Trinajstić information content (AvgIpc) is 2.85. The van der Waals surface area contributed by atoms with E-state index in [1.54, 1.807) is 0 Å². The molecule has 0 aromatic carbocycles. The minimum atomic E-state index is -1.63. The zero-order valence-corrected chi connectivity index (χ0v) is 18.8. The van der Waals surface area contributed by atoms with Crippen molar-refractivity contribution in [1.29, 1.82) is 0 Å². The molecule has 6 unspecified atom stereocenters. The summed E-state index contributed by atoms with van der Waals surface area (Å²) >= 11 is 0. The van der Waals surface area contributed by atoms with Crippen LogP contribution in [0.5, 0.6) is 0 Å². The first kappa shape index (κ1) is 29.0. The Bertz CT molecular complexity index is 638. The maximum absolute atomic E-state index is 10.8. The Balaban J connectivity index is 1.64. The van der Waals surface area contributed by atoms with Crippen LogP contribution in [0.25, 0.3) is 0 Å². The highest BCUT2D eigenvalue weighted by Gasteiger charge is 2.48. The molecule has 3 fully saturated rings. The highest BCUT2D eigenvalue weighted by molar-refractivity contribution is 4.96. The number of ether oxygens (including phenoxy) is 5. The summed E-state index contributed by atoms with van der Waals surface area (Å²) in [7, 11) is 0. The number of hydrogen-bond acceptors (Lipinski definition) is 15. The van der Waals surface area contributed by atoms with E-state index in [0.717, 1.165) is 0 Å². The third-order valence-corrected chi connectivity index (χ3v) is 6.62. The number of rotatable bonds is 9. The molecule has 10 N–H and O–H groups in total. The lowest BCUT2D eigenvalue weighted by Gasteiger charge is -2.45. The predicted octanol–water partition coefficient (Wildman–Crippen LogP) is -6.81. The third-order valence-electron chi connectivity index (χ3n) is 6.62. The van der Waals surface area contributed by atoms with Gasteiger partial charge in [0.15, 0.2) is 0 Å². The quantitative estimate of drug-likeness (QED) is 0.137. The molecule has 0 bridgehead atoms. The van der Waals surface area contributed by atoms with Crippen molar-refractivity contribution in [2.24, 2.45) is 0 Å². The third kappa shape index (κ3) is 6.28. The van der Waals surface area contributed by atoms with Gasteiger partial charge in [-0.1, -0.05) is 0 Å². The second-order valence-corrected chi connectivity index (χ2v) is 8.95. The SMILES string of the molecule is OCC1O[C@H](CO[C@H]2C(O)[C@@H](CO[C@@H]3C(CO)OCC(O)[C@@H]3O)OC(CO)[C@H]2O)C(O)[C@H](O)[C@@H]1O. The molecule has 35 heavy (non-hydrogen) atoms. The van der Waals surface area contributed by atoms with E-state index in [0.29, 0.717) is 0 Å². The Hall–Kier alpha value is -0.600. The fourth-order valence-electron chi connectivity index (χ4n) is 4.44. The van der Waals surface area contributed by atoms with Crippen molar-refractivity contribution in [2.45, 2.75) is 85.5 Å². The van der Waals surface area contributed by atoms with E-state index >= 15 is 0 Å². The summed E-state index contributed by atoms with van der Waals surface area (Å²) in [5.41, 5.74) is 0. The molecule has 3 aliphatic rings. The highest BCUT2D eigenvalue weighted by Crippen LogP contribution is 2.28. The van der Waals surface area contributed by atoms with E-state index in [1.165, 1.54) is 0 Å². The Labute approximate surface area is 200 Å². The molecule has 206 valence electrons. The van der Waals surface area contributed by atoms with Crippen molar-refractivity contribution in [3.63, 3.8) is 0 Å². The Morgan fingerprint density at radius 1 is 0.514 bits per heavy atom. The van der Waals surface area contributed by atoms with Crippen LogP contribution in [-0.2, 0) is 23.7 Å². The summed E-state index contributed by atoms with van der Waals surface area (Å²) in [6.45, 7) is -2.89. The Morgan fingerprint density at radius 3 is 1.54 bits per heavy atom. The first-order valence-corrected chi connectivity index (χ1v) is 11.4. The molecule has 3 rings (SSSR count). The fraction of sp³-hybridized carbons (Fsp3) is 1.00. The van der Waals surface area contributed by atoms with Crippen LogP contribution in [0, 0.1) is 0 Å². The second-order valence-electron chi connectivity index (χ2n) is 8.95. The molecule has 15 heteroatoms. The maximum atomic E-state index is 10.8. The van der Waals surface area contributed by atoms with Gasteiger partial charge in [0, 0.05) is 0 Å². The Kier molecular flexibility index (Phi) is 10.6. The minimum Gasteiger partial charge on any atom is -0.394 e. The molecule has 0 aromatic heterocycles. The molecule has 3 aliphatic heterocycles. The maximum Gasteiger partial charge on any atom is 0.115 e. The average molecular weight is 516 g/mol. The van der Waals surface area contributed by atoms with Crippen molar-refractivity contribution in [3.8, 4) is 0 Å². The summed E-state index contributed by atoms with van der Waals surface area (Å²) in [4.78, 5) is 0. The minimum absolute atomic E-state index is 0.207. The lowest BCUT2D eigenvalue weighted by Crippen LogP contribution is -2.63. The van der Waals surface area contributed by atoms with E-state index in [4.69, 9.17) is 23.7 Å². The van der Waals surface area contributed by atoms with Gasteiger partial charge in [-0.15, -0.1) is 0 Å². The molecule has 0 spiro atoms. The largest absolute Gasteiger partial charge is 0.394 e. The van der Waals surface area contributed by atoms with Crippen LogP contribution in [0.15, 0.2) is 0 Å².